The minimum Gasteiger partial charge on any atom is -0.321 e. The van der Waals surface area contributed by atoms with E-state index in [0.29, 0.717) is 6.42 Å². The third-order valence-electron chi connectivity index (χ3n) is 3.48. The predicted molar refractivity (Wildman–Crippen MR) is 77.5 cm³/mol. The van der Waals surface area contributed by atoms with Gasteiger partial charge in [-0.15, -0.1) is 0 Å². The van der Waals surface area contributed by atoms with Gasteiger partial charge in [-0.2, -0.15) is 0 Å². The van der Waals surface area contributed by atoms with Crippen LogP contribution in [0.15, 0.2) is 48.5 Å². The zero-order valence-electron chi connectivity index (χ0n) is 11.5. The summed E-state index contributed by atoms with van der Waals surface area (Å²) in [7, 11) is 0. The molecular weight excluding hydrogens is 237 g/mol. The molecule has 0 aliphatic carbocycles. The van der Waals surface area contributed by atoms with Crippen molar-refractivity contribution >= 4 is 0 Å². The van der Waals surface area contributed by atoms with Gasteiger partial charge in [0.05, 0.1) is 0 Å². The van der Waals surface area contributed by atoms with Gasteiger partial charge in [-0.3, -0.25) is 0 Å². The zero-order chi connectivity index (χ0) is 13.9. The normalized spacial score (nSPS) is 14.1. The molecule has 0 radical (unpaired) electrons. The van der Waals surface area contributed by atoms with Gasteiger partial charge >= 0.3 is 0 Å². The SMILES string of the molecule is CCc1cccc(C(C)(N)Cc2ccc(F)cc2)c1. The molecule has 0 bridgehead atoms. The van der Waals surface area contributed by atoms with E-state index in [0.717, 1.165) is 17.5 Å². The average Bonchev–Trinajstić information content (AvgIpc) is 2.41. The summed E-state index contributed by atoms with van der Waals surface area (Å²) in [6, 6.07) is 14.9. The highest BCUT2D eigenvalue weighted by molar-refractivity contribution is 5.31. The first kappa shape index (κ1) is 13.8. The van der Waals surface area contributed by atoms with Crippen LogP contribution in [-0.4, -0.2) is 0 Å². The quantitative estimate of drug-likeness (QED) is 0.885. The first-order valence-electron chi connectivity index (χ1n) is 6.64. The molecule has 0 aliphatic heterocycles. The van der Waals surface area contributed by atoms with E-state index in [2.05, 4.69) is 25.1 Å². The predicted octanol–water partition coefficient (Wildman–Crippen LogP) is 3.80. The minimum atomic E-state index is -0.441. The van der Waals surface area contributed by atoms with Crippen molar-refractivity contribution in [1.82, 2.24) is 0 Å². The van der Waals surface area contributed by atoms with Crippen LogP contribution in [0, 0.1) is 5.82 Å². The molecule has 1 unspecified atom stereocenters. The third-order valence-corrected chi connectivity index (χ3v) is 3.48. The first-order chi connectivity index (χ1) is 9.01. The van der Waals surface area contributed by atoms with Gasteiger partial charge in [0, 0.05) is 5.54 Å². The highest BCUT2D eigenvalue weighted by atomic mass is 19.1. The van der Waals surface area contributed by atoms with E-state index < -0.39 is 5.54 Å². The summed E-state index contributed by atoms with van der Waals surface area (Å²) in [4.78, 5) is 0. The van der Waals surface area contributed by atoms with Crippen molar-refractivity contribution in [2.24, 2.45) is 5.73 Å². The summed E-state index contributed by atoms with van der Waals surface area (Å²) in [5.74, 6) is -0.213. The monoisotopic (exact) mass is 257 g/mol. The van der Waals surface area contributed by atoms with Crippen molar-refractivity contribution in [2.45, 2.75) is 32.2 Å². The molecule has 0 aromatic heterocycles. The topological polar surface area (TPSA) is 26.0 Å². The highest BCUT2D eigenvalue weighted by Crippen LogP contribution is 2.24. The van der Waals surface area contributed by atoms with Gasteiger partial charge in [-0.1, -0.05) is 43.3 Å². The molecule has 2 aromatic carbocycles. The van der Waals surface area contributed by atoms with Gasteiger partial charge in [-0.25, -0.2) is 4.39 Å². The molecule has 2 N–H and O–H groups in total. The number of hydrogen-bond acceptors (Lipinski definition) is 1. The van der Waals surface area contributed by atoms with Gasteiger partial charge in [0.25, 0.3) is 0 Å². The van der Waals surface area contributed by atoms with Crippen LogP contribution < -0.4 is 5.73 Å². The Balaban J connectivity index is 2.23. The second-order valence-electron chi connectivity index (χ2n) is 5.27. The zero-order valence-corrected chi connectivity index (χ0v) is 11.5. The third kappa shape index (κ3) is 3.42. The molecule has 0 fully saturated rings. The second kappa shape index (κ2) is 5.54. The van der Waals surface area contributed by atoms with Crippen LogP contribution in [-0.2, 0) is 18.4 Å². The van der Waals surface area contributed by atoms with Crippen molar-refractivity contribution in [1.29, 1.82) is 0 Å². The first-order valence-corrected chi connectivity index (χ1v) is 6.64. The Morgan fingerprint density at radius 2 is 1.74 bits per heavy atom. The minimum absolute atomic E-state index is 0.213. The Kier molecular flexibility index (Phi) is 4.01. The fraction of sp³-hybridized carbons (Fsp3) is 0.294. The summed E-state index contributed by atoms with van der Waals surface area (Å²) in [5.41, 5.74) is 9.45. The molecule has 0 amide bonds. The Labute approximate surface area is 114 Å². The summed E-state index contributed by atoms with van der Waals surface area (Å²) < 4.78 is 12.9. The van der Waals surface area contributed by atoms with Crippen molar-refractivity contribution in [3.05, 3.63) is 71.0 Å². The molecule has 2 aromatic rings. The summed E-state index contributed by atoms with van der Waals surface area (Å²) >= 11 is 0. The van der Waals surface area contributed by atoms with Crippen LogP contribution >= 0.6 is 0 Å². The number of hydrogen-bond donors (Lipinski definition) is 1. The Hall–Kier alpha value is -1.67. The molecule has 2 rings (SSSR count). The summed E-state index contributed by atoms with van der Waals surface area (Å²) in [5, 5.41) is 0. The molecule has 1 atom stereocenters. The fourth-order valence-electron chi connectivity index (χ4n) is 2.27. The van der Waals surface area contributed by atoms with Crippen LogP contribution in [0.5, 0.6) is 0 Å². The molecule has 0 saturated heterocycles. The van der Waals surface area contributed by atoms with E-state index in [1.165, 1.54) is 17.7 Å². The van der Waals surface area contributed by atoms with Crippen LogP contribution in [0.3, 0.4) is 0 Å². The van der Waals surface area contributed by atoms with Crippen molar-refractivity contribution in [2.75, 3.05) is 0 Å². The van der Waals surface area contributed by atoms with E-state index in [1.807, 2.05) is 13.0 Å². The van der Waals surface area contributed by atoms with Crippen LogP contribution in [0.4, 0.5) is 4.39 Å². The lowest BCUT2D eigenvalue weighted by molar-refractivity contribution is 0.490. The standard InChI is InChI=1S/C17H20FN/c1-3-13-5-4-6-15(11-13)17(2,19)12-14-7-9-16(18)10-8-14/h4-11H,3,12,19H2,1-2H3. The summed E-state index contributed by atoms with van der Waals surface area (Å²) in [6.07, 6.45) is 1.70. The highest BCUT2D eigenvalue weighted by Gasteiger charge is 2.21. The molecule has 0 saturated carbocycles. The maximum absolute atomic E-state index is 12.9. The number of rotatable bonds is 4. The van der Waals surface area contributed by atoms with Gasteiger partial charge < -0.3 is 5.73 Å². The van der Waals surface area contributed by atoms with Crippen molar-refractivity contribution in [3.8, 4) is 0 Å². The number of nitrogens with two attached hydrogens (primary N) is 1. The Bertz CT molecular complexity index is 543. The maximum Gasteiger partial charge on any atom is 0.123 e. The molecule has 0 aliphatic rings. The number of aryl methyl sites for hydroxylation is 1. The lowest BCUT2D eigenvalue weighted by atomic mass is 9.85. The van der Waals surface area contributed by atoms with Crippen LogP contribution in [0.1, 0.15) is 30.5 Å². The maximum atomic E-state index is 12.9. The van der Waals surface area contributed by atoms with Crippen molar-refractivity contribution in [3.63, 3.8) is 0 Å². The molecule has 0 heterocycles. The lowest BCUT2D eigenvalue weighted by Crippen LogP contribution is -2.35. The van der Waals surface area contributed by atoms with E-state index >= 15 is 0 Å². The van der Waals surface area contributed by atoms with Gasteiger partial charge in [0.2, 0.25) is 0 Å². The van der Waals surface area contributed by atoms with E-state index in [4.69, 9.17) is 5.73 Å². The molecule has 19 heavy (non-hydrogen) atoms. The molecule has 1 nitrogen and oxygen atoms in total. The smallest absolute Gasteiger partial charge is 0.123 e. The largest absolute Gasteiger partial charge is 0.321 e. The fourth-order valence-corrected chi connectivity index (χ4v) is 2.27. The van der Waals surface area contributed by atoms with Crippen LogP contribution in [0.2, 0.25) is 0 Å². The molecular formula is C17H20FN. The molecule has 0 spiro atoms. The lowest BCUT2D eigenvalue weighted by Gasteiger charge is -2.26. The summed E-state index contributed by atoms with van der Waals surface area (Å²) in [6.45, 7) is 4.15. The van der Waals surface area contributed by atoms with Gasteiger partial charge in [-0.05, 0) is 48.6 Å². The van der Waals surface area contributed by atoms with Crippen LogP contribution in [0.25, 0.3) is 0 Å². The second-order valence-corrected chi connectivity index (χ2v) is 5.27. The number of benzene rings is 2. The Morgan fingerprint density at radius 3 is 2.37 bits per heavy atom. The van der Waals surface area contributed by atoms with E-state index in [-0.39, 0.29) is 5.82 Å². The molecule has 2 heteroatoms. The van der Waals surface area contributed by atoms with Crippen molar-refractivity contribution < 1.29 is 4.39 Å². The van der Waals surface area contributed by atoms with E-state index in [1.54, 1.807) is 12.1 Å². The average molecular weight is 257 g/mol. The van der Waals surface area contributed by atoms with Gasteiger partial charge in [0.15, 0.2) is 0 Å². The van der Waals surface area contributed by atoms with E-state index in [9.17, 15) is 4.39 Å². The van der Waals surface area contributed by atoms with Gasteiger partial charge in [0.1, 0.15) is 5.82 Å². The number of halogens is 1. The Morgan fingerprint density at radius 1 is 1.05 bits per heavy atom. The molecule has 100 valence electrons.